The molecule has 0 unspecified atom stereocenters. The van der Waals surface area contributed by atoms with E-state index in [1.165, 1.54) is 10.9 Å². The number of nitrogen functional groups attached to an aromatic ring is 1. The van der Waals surface area contributed by atoms with Gasteiger partial charge in [-0.1, -0.05) is 25.1 Å². The van der Waals surface area contributed by atoms with Gasteiger partial charge in [-0.3, -0.25) is 4.68 Å². The summed E-state index contributed by atoms with van der Waals surface area (Å²) in [7, 11) is -3.69. The molecule has 1 aromatic heterocycles. The number of hydrogen-bond donors (Lipinski definition) is 2. The van der Waals surface area contributed by atoms with Crippen LogP contribution in [0.4, 0.5) is 5.82 Å². The van der Waals surface area contributed by atoms with Crippen LogP contribution in [0, 0.1) is 0 Å². The highest BCUT2D eigenvalue weighted by atomic mass is 35.5. The molecule has 3 N–H and O–H groups in total. The maximum Gasteiger partial charge on any atom is 0.246 e. The number of nitrogens with two attached hydrogens (primary N) is 1. The summed E-state index contributed by atoms with van der Waals surface area (Å²) in [6.45, 7) is 5.93. The molecule has 0 aliphatic heterocycles. The molecule has 0 atom stereocenters. The van der Waals surface area contributed by atoms with Crippen LogP contribution in [0.15, 0.2) is 22.7 Å². The van der Waals surface area contributed by atoms with Gasteiger partial charge in [0, 0.05) is 24.3 Å². The molecule has 96 valence electrons. The SMILES string of the molecule is C=C(Cl)CNS(=O)(=O)c1cn(CCC)nc1N. The second kappa shape index (κ2) is 5.52. The monoisotopic (exact) mass is 278 g/mol. The zero-order chi connectivity index (χ0) is 13.1. The molecule has 0 aromatic carbocycles. The molecule has 0 radical (unpaired) electrons. The predicted octanol–water partition coefficient (Wildman–Crippen LogP) is 0.906. The summed E-state index contributed by atoms with van der Waals surface area (Å²) in [5.41, 5.74) is 5.56. The molecule has 6 nitrogen and oxygen atoms in total. The van der Waals surface area contributed by atoms with Crippen LogP contribution < -0.4 is 10.5 Å². The molecule has 0 bridgehead atoms. The van der Waals surface area contributed by atoms with Crippen molar-refractivity contribution >= 4 is 27.4 Å². The first-order valence-electron chi connectivity index (χ1n) is 5.02. The fourth-order valence-electron chi connectivity index (χ4n) is 1.22. The summed E-state index contributed by atoms with van der Waals surface area (Å²) in [6.07, 6.45) is 2.24. The van der Waals surface area contributed by atoms with Crippen LogP contribution in [0.25, 0.3) is 0 Å². The molecule has 0 saturated heterocycles. The first-order chi connectivity index (χ1) is 7.86. The van der Waals surface area contributed by atoms with Gasteiger partial charge in [0.2, 0.25) is 10.0 Å². The quantitative estimate of drug-likeness (QED) is 0.809. The Morgan fingerprint density at radius 3 is 2.88 bits per heavy atom. The number of halogens is 1. The lowest BCUT2D eigenvalue weighted by Crippen LogP contribution is -2.25. The largest absolute Gasteiger partial charge is 0.381 e. The number of aromatic nitrogens is 2. The molecule has 0 spiro atoms. The van der Waals surface area contributed by atoms with E-state index in [2.05, 4.69) is 16.4 Å². The summed E-state index contributed by atoms with van der Waals surface area (Å²) in [4.78, 5) is -0.0381. The van der Waals surface area contributed by atoms with E-state index < -0.39 is 10.0 Å². The van der Waals surface area contributed by atoms with E-state index >= 15 is 0 Å². The van der Waals surface area contributed by atoms with Crippen molar-refractivity contribution in [3.05, 3.63) is 17.8 Å². The zero-order valence-electron chi connectivity index (χ0n) is 9.48. The van der Waals surface area contributed by atoms with Gasteiger partial charge in [0.25, 0.3) is 0 Å². The van der Waals surface area contributed by atoms with Gasteiger partial charge in [0.1, 0.15) is 4.90 Å². The standard InChI is InChI=1S/C9H15ClN4O2S/c1-3-4-14-6-8(9(11)13-14)17(15,16)12-5-7(2)10/h6,12H,2-5H2,1H3,(H2,11,13). The Morgan fingerprint density at radius 1 is 1.71 bits per heavy atom. The molecule has 8 heteroatoms. The smallest absolute Gasteiger partial charge is 0.246 e. The van der Waals surface area contributed by atoms with Gasteiger partial charge in [-0.05, 0) is 6.42 Å². The average molecular weight is 279 g/mol. The highest BCUT2D eigenvalue weighted by molar-refractivity contribution is 7.89. The number of rotatable bonds is 6. The van der Waals surface area contributed by atoms with Crippen molar-refractivity contribution in [1.82, 2.24) is 14.5 Å². The van der Waals surface area contributed by atoms with Gasteiger partial charge in [0.05, 0.1) is 0 Å². The summed E-state index contributed by atoms with van der Waals surface area (Å²) in [5, 5.41) is 4.12. The molecule has 17 heavy (non-hydrogen) atoms. The van der Waals surface area contributed by atoms with Crippen LogP contribution >= 0.6 is 11.6 Å². The first-order valence-corrected chi connectivity index (χ1v) is 6.88. The van der Waals surface area contributed by atoms with Crippen molar-refractivity contribution in [3.8, 4) is 0 Å². The Morgan fingerprint density at radius 2 is 2.35 bits per heavy atom. The molecule has 0 fully saturated rings. The Kier molecular flexibility index (Phi) is 4.55. The first kappa shape index (κ1) is 14.0. The molecular weight excluding hydrogens is 264 g/mol. The fourth-order valence-corrected chi connectivity index (χ4v) is 2.46. The minimum atomic E-state index is -3.69. The minimum Gasteiger partial charge on any atom is -0.381 e. The van der Waals surface area contributed by atoms with Crippen molar-refractivity contribution in [1.29, 1.82) is 0 Å². The van der Waals surface area contributed by atoms with Crippen LogP contribution in [0.2, 0.25) is 0 Å². The lowest BCUT2D eigenvalue weighted by atomic mass is 10.5. The number of anilines is 1. The van der Waals surface area contributed by atoms with E-state index in [0.29, 0.717) is 6.54 Å². The molecule has 1 heterocycles. The number of sulfonamides is 1. The Balaban J connectivity index is 2.94. The summed E-state index contributed by atoms with van der Waals surface area (Å²) in [6, 6.07) is 0. The third-order valence-electron chi connectivity index (χ3n) is 1.95. The maximum atomic E-state index is 11.8. The van der Waals surface area contributed by atoms with E-state index in [-0.39, 0.29) is 22.3 Å². The van der Waals surface area contributed by atoms with E-state index in [4.69, 9.17) is 17.3 Å². The summed E-state index contributed by atoms with van der Waals surface area (Å²) in [5.74, 6) is -0.0221. The van der Waals surface area contributed by atoms with Crippen LogP contribution in [0.3, 0.4) is 0 Å². The lowest BCUT2D eigenvalue weighted by Gasteiger charge is -2.03. The highest BCUT2D eigenvalue weighted by Gasteiger charge is 2.20. The fraction of sp³-hybridized carbons (Fsp3) is 0.444. The number of hydrogen-bond acceptors (Lipinski definition) is 4. The molecule has 1 rings (SSSR count). The van der Waals surface area contributed by atoms with Crippen molar-refractivity contribution in [2.45, 2.75) is 24.8 Å². The Bertz CT molecular complexity index is 509. The second-order valence-electron chi connectivity index (χ2n) is 3.48. The Labute approximate surface area is 105 Å². The topological polar surface area (TPSA) is 90.0 Å². The minimum absolute atomic E-state index is 0.0221. The van der Waals surface area contributed by atoms with Gasteiger partial charge in [-0.15, -0.1) is 0 Å². The van der Waals surface area contributed by atoms with Crippen LogP contribution in [0.5, 0.6) is 0 Å². The van der Waals surface area contributed by atoms with Gasteiger partial charge < -0.3 is 5.73 Å². The molecule has 0 aliphatic carbocycles. The van der Waals surface area contributed by atoms with Crippen molar-refractivity contribution < 1.29 is 8.42 Å². The molecule has 0 aliphatic rings. The third-order valence-corrected chi connectivity index (χ3v) is 3.50. The maximum absolute atomic E-state index is 11.8. The van der Waals surface area contributed by atoms with Gasteiger partial charge in [0.15, 0.2) is 5.82 Å². The predicted molar refractivity (Wildman–Crippen MR) is 67.1 cm³/mol. The van der Waals surface area contributed by atoms with Crippen molar-refractivity contribution in [3.63, 3.8) is 0 Å². The van der Waals surface area contributed by atoms with Crippen LogP contribution in [-0.4, -0.2) is 24.7 Å². The van der Waals surface area contributed by atoms with Gasteiger partial charge >= 0.3 is 0 Å². The summed E-state index contributed by atoms with van der Waals surface area (Å²) < 4.78 is 27.4. The number of nitrogens with zero attached hydrogens (tertiary/aromatic N) is 2. The van der Waals surface area contributed by atoms with Crippen LogP contribution in [0.1, 0.15) is 13.3 Å². The molecule has 0 saturated carbocycles. The summed E-state index contributed by atoms with van der Waals surface area (Å²) >= 11 is 5.49. The molecular formula is C9H15ClN4O2S. The average Bonchev–Trinajstić information content (AvgIpc) is 2.58. The molecule has 1 aromatic rings. The third kappa shape index (κ3) is 3.72. The Hall–Kier alpha value is -1.05. The highest BCUT2D eigenvalue weighted by Crippen LogP contribution is 2.16. The number of nitrogens with one attached hydrogen (secondary N) is 1. The second-order valence-corrected chi connectivity index (χ2v) is 5.75. The normalized spacial score (nSPS) is 11.6. The van der Waals surface area contributed by atoms with Crippen molar-refractivity contribution in [2.24, 2.45) is 0 Å². The van der Waals surface area contributed by atoms with E-state index in [1.807, 2.05) is 6.92 Å². The zero-order valence-corrected chi connectivity index (χ0v) is 11.1. The van der Waals surface area contributed by atoms with E-state index in [1.54, 1.807) is 0 Å². The van der Waals surface area contributed by atoms with E-state index in [9.17, 15) is 8.42 Å². The van der Waals surface area contributed by atoms with E-state index in [0.717, 1.165) is 6.42 Å². The van der Waals surface area contributed by atoms with Crippen LogP contribution in [-0.2, 0) is 16.6 Å². The number of aryl methyl sites for hydroxylation is 1. The van der Waals surface area contributed by atoms with Crippen molar-refractivity contribution in [2.75, 3.05) is 12.3 Å². The van der Waals surface area contributed by atoms with Gasteiger partial charge in [-0.25, -0.2) is 13.1 Å². The molecule has 0 amide bonds. The van der Waals surface area contributed by atoms with Gasteiger partial charge in [-0.2, -0.15) is 5.10 Å². The lowest BCUT2D eigenvalue weighted by molar-refractivity contribution is 0.583.